The molecule has 0 bridgehead atoms. The van der Waals surface area contributed by atoms with E-state index in [-0.39, 0.29) is 5.54 Å². The molecule has 0 amide bonds. The molecule has 0 fully saturated rings. The van der Waals surface area contributed by atoms with E-state index in [1.165, 1.54) is 75.3 Å². The van der Waals surface area contributed by atoms with E-state index in [9.17, 15) is 0 Å². The first-order chi connectivity index (χ1) is 11.6. The zero-order valence-corrected chi connectivity index (χ0v) is 16.4. The van der Waals surface area contributed by atoms with Crippen molar-refractivity contribution in [1.29, 1.82) is 0 Å². The van der Waals surface area contributed by atoms with Crippen molar-refractivity contribution in [1.82, 2.24) is 5.32 Å². The highest BCUT2D eigenvalue weighted by Gasteiger charge is 2.15. The molecule has 0 radical (unpaired) electrons. The summed E-state index contributed by atoms with van der Waals surface area (Å²) in [6.07, 6.45) is 15.8. The zero-order chi connectivity index (χ0) is 17.7. The fourth-order valence-electron chi connectivity index (χ4n) is 3.08. The number of hydrogen-bond acceptors (Lipinski definition) is 1. The molecule has 0 spiro atoms. The van der Waals surface area contributed by atoms with Gasteiger partial charge in [-0.15, -0.1) is 0 Å². The second-order valence-electron chi connectivity index (χ2n) is 7.76. The molecular weight excluding hydrogens is 290 g/mol. The van der Waals surface area contributed by atoms with Gasteiger partial charge < -0.3 is 5.32 Å². The van der Waals surface area contributed by atoms with Crippen LogP contribution in [-0.2, 0) is 6.54 Å². The number of nitrogens with one attached hydrogen (secondary N) is 1. The van der Waals surface area contributed by atoms with Crippen LogP contribution in [0.4, 0.5) is 0 Å². The molecule has 0 aliphatic carbocycles. The Morgan fingerprint density at radius 3 is 1.96 bits per heavy atom. The molecule has 0 aromatic heterocycles. The monoisotopic (exact) mass is 329 g/mol. The second kappa shape index (κ2) is 12.3. The molecule has 1 aromatic rings. The molecule has 0 heterocycles. The van der Waals surface area contributed by atoms with Crippen molar-refractivity contribution in [2.75, 3.05) is 0 Å². The largest absolute Gasteiger partial charge is 0.308 e. The molecule has 0 unspecified atom stereocenters. The van der Waals surface area contributed by atoms with Crippen LogP contribution in [-0.4, -0.2) is 5.54 Å². The third-order valence-electron chi connectivity index (χ3n) is 4.89. The van der Waals surface area contributed by atoms with Gasteiger partial charge in [-0.2, -0.15) is 0 Å². The Labute approximate surface area is 150 Å². The quantitative estimate of drug-likeness (QED) is 0.358. The summed E-state index contributed by atoms with van der Waals surface area (Å²) in [5.41, 5.74) is 2.76. The highest BCUT2D eigenvalue weighted by Crippen LogP contribution is 2.17. The molecule has 1 N–H and O–H groups in total. The number of unbranched alkanes of at least 4 members (excludes halogenated alkanes) is 8. The normalized spacial score (nSPS) is 11.6. The first-order valence-electron chi connectivity index (χ1n) is 10.0. The molecule has 0 saturated heterocycles. The van der Waals surface area contributed by atoms with E-state index in [0.29, 0.717) is 0 Å². The molecule has 1 heteroatoms. The molecule has 0 aliphatic heterocycles. The van der Waals surface area contributed by atoms with E-state index >= 15 is 0 Å². The van der Waals surface area contributed by atoms with Crippen LogP contribution in [0, 0.1) is 0 Å². The number of hydrogen-bond donors (Lipinski definition) is 1. The van der Waals surface area contributed by atoms with Gasteiger partial charge in [0, 0.05) is 12.1 Å². The zero-order valence-electron chi connectivity index (χ0n) is 16.4. The van der Waals surface area contributed by atoms with E-state index in [0.717, 1.165) is 6.54 Å². The molecule has 136 valence electrons. The molecule has 0 atom stereocenters. The van der Waals surface area contributed by atoms with Gasteiger partial charge in [-0.1, -0.05) is 102 Å². The third kappa shape index (κ3) is 9.93. The van der Waals surface area contributed by atoms with Crippen molar-refractivity contribution in [3.05, 3.63) is 42.0 Å². The average Bonchev–Trinajstić information content (AvgIpc) is 2.59. The van der Waals surface area contributed by atoms with E-state index in [1.807, 2.05) is 6.08 Å². The minimum Gasteiger partial charge on any atom is -0.308 e. The van der Waals surface area contributed by atoms with Crippen LogP contribution in [0.5, 0.6) is 0 Å². The second-order valence-corrected chi connectivity index (χ2v) is 7.76. The first-order valence-corrected chi connectivity index (χ1v) is 10.0. The van der Waals surface area contributed by atoms with Crippen LogP contribution in [0.1, 0.15) is 96.1 Å². The Kier molecular flexibility index (Phi) is 10.7. The summed E-state index contributed by atoms with van der Waals surface area (Å²) in [7, 11) is 0. The average molecular weight is 330 g/mol. The van der Waals surface area contributed by atoms with Gasteiger partial charge in [-0.3, -0.25) is 0 Å². The van der Waals surface area contributed by atoms with Gasteiger partial charge in [0.25, 0.3) is 0 Å². The van der Waals surface area contributed by atoms with Crippen LogP contribution in [0.3, 0.4) is 0 Å². The standard InChI is InChI=1S/C23H39N/c1-5-7-8-9-10-11-12-13-14-19-23(3,4)24-20-22-17-15-21(6-2)16-18-22/h6,15-18,24H,2,5,7-14,19-20H2,1,3-4H3. The summed E-state index contributed by atoms with van der Waals surface area (Å²) in [4.78, 5) is 0. The van der Waals surface area contributed by atoms with Gasteiger partial charge in [0.2, 0.25) is 0 Å². The van der Waals surface area contributed by atoms with Crippen LogP contribution >= 0.6 is 0 Å². The van der Waals surface area contributed by atoms with Crippen molar-refractivity contribution < 1.29 is 0 Å². The fourth-order valence-corrected chi connectivity index (χ4v) is 3.08. The summed E-state index contributed by atoms with van der Waals surface area (Å²) < 4.78 is 0. The fraction of sp³-hybridized carbons (Fsp3) is 0.652. The predicted molar refractivity (Wildman–Crippen MR) is 109 cm³/mol. The van der Waals surface area contributed by atoms with Gasteiger partial charge in [0.1, 0.15) is 0 Å². The topological polar surface area (TPSA) is 12.0 Å². The summed E-state index contributed by atoms with van der Waals surface area (Å²) in [5.74, 6) is 0. The van der Waals surface area contributed by atoms with Crippen LogP contribution in [0.2, 0.25) is 0 Å². The maximum Gasteiger partial charge on any atom is 0.0210 e. The predicted octanol–water partition coefficient (Wildman–Crippen LogP) is 7.12. The minimum atomic E-state index is 0.220. The van der Waals surface area contributed by atoms with Crippen LogP contribution in [0.15, 0.2) is 30.8 Å². The van der Waals surface area contributed by atoms with Crippen molar-refractivity contribution in [3.8, 4) is 0 Å². The Hall–Kier alpha value is -1.08. The molecule has 1 aromatic carbocycles. The van der Waals surface area contributed by atoms with Crippen molar-refractivity contribution >= 4 is 6.08 Å². The summed E-state index contributed by atoms with van der Waals surface area (Å²) in [6.45, 7) is 11.7. The SMILES string of the molecule is C=Cc1ccc(CNC(C)(C)CCCCCCCCCCC)cc1. The van der Waals surface area contributed by atoms with E-state index < -0.39 is 0 Å². The van der Waals surface area contributed by atoms with E-state index in [1.54, 1.807) is 0 Å². The Morgan fingerprint density at radius 2 is 1.42 bits per heavy atom. The molecule has 1 nitrogen and oxygen atoms in total. The summed E-state index contributed by atoms with van der Waals surface area (Å²) in [5, 5.41) is 3.71. The molecule has 0 saturated carbocycles. The van der Waals surface area contributed by atoms with Gasteiger partial charge in [0.05, 0.1) is 0 Å². The lowest BCUT2D eigenvalue weighted by molar-refractivity contribution is 0.344. The lowest BCUT2D eigenvalue weighted by atomic mass is 9.95. The lowest BCUT2D eigenvalue weighted by Gasteiger charge is -2.26. The first kappa shape index (κ1) is 21.0. The van der Waals surface area contributed by atoms with Gasteiger partial charge >= 0.3 is 0 Å². The van der Waals surface area contributed by atoms with Gasteiger partial charge in [-0.25, -0.2) is 0 Å². The molecular formula is C23H39N. The lowest BCUT2D eigenvalue weighted by Crippen LogP contribution is -2.38. The summed E-state index contributed by atoms with van der Waals surface area (Å²) in [6, 6.07) is 8.66. The highest BCUT2D eigenvalue weighted by molar-refractivity contribution is 5.47. The Balaban J connectivity index is 2.09. The van der Waals surface area contributed by atoms with Gasteiger partial charge in [-0.05, 0) is 31.4 Å². The minimum absolute atomic E-state index is 0.220. The van der Waals surface area contributed by atoms with Crippen molar-refractivity contribution in [2.24, 2.45) is 0 Å². The number of benzene rings is 1. The molecule has 1 rings (SSSR count). The van der Waals surface area contributed by atoms with Crippen molar-refractivity contribution in [3.63, 3.8) is 0 Å². The summed E-state index contributed by atoms with van der Waals surface area (Å²) >= 11 is 0. The van der Waals surface area contributed by atoms with E-state index in [4.69, 9.17) is 0 Å². The Bertz CT molecular complexity index is 430. The Morgan fingerprint density at radius 1 is 0.875 bits per heavy atom. The third-order valence-corrected chi connectivity index (χ3v) is 4.89. The van der Waals surface area contributed by atoms with Crippen LogP contribution < -0.4 is 5.32 Å². The maximum atomic E-state index is 3.80. The highest BCUT2D eigenvalue weighted by atomic mass is 14.9. The van der Waals surface area contributed by atoms with Crippen LogP contribution in [0.25, 0.3) is 6.08 Å². The van der Waals surface area contributed by atoms with Gasteiger partial charge in [0.15, 0.2) is 0 Å². The van der Waals surface area contributed by atoms with E-state index in [2.05, 4.69) is 56.9 Å². The molecule has 0 aliphatic rings. The smallest absolute Gasteiger partial charge is 0.0210 e. The van der Waals surface area contributed by atoms with Crippen molar-refractivity contribution in [2.45, 2.75) is 97.1 Å². The maximum absolute atomic E-state index is 3.80. The molecule has 24 heavy (non-hydrogen) atoms. The number of rotatable bonds is 14.